The predicted octanol–water partition coefficient (Wildman–Crippen LogP) is 2.05. The molecule has 1 rings (SSSR count). The van der Waals surface area contributed by atoms with Crippen LogP contribution in [0.15, 0.2) is 18.2 Å². The predicted molar refractivity (Wildman–Crippen MR) is 68.3 cm³/mol. The third-order valence-corrected chi connectivity index (χ3v) is 2.71. The molecule has 0 aliphatic heterocycles. The van der Waals surface area contributed by atoms with Gasteiger partial charge in [-0.05, 0) is 44.3 Å². The third kappa shape index (κ3) is 4.39. The van der Waals surface area contributed by atoms with Crippen molar-refractivity contribution in [1.29, 1.82) is 0 Å². The zero-order valence-corrected chi connectivity index (χ0v) is 10.6. The van der Waals surface area contributed by atoms with Gasteiger partial charge in [0.2, 0.25) is 0 Å². The fraction of sp³-hybridized carbons (Fsp3) is 0.500. The molecule has 0 unspecified atom stereocenters. The molecular formula is C12H19ClN2O. The van der Waals surface area contributed by atoms with Crippen LogP contribution in [0.3, 0.4) is 0 Å². The van der Waals surface area contributed by atoms with Gasteiger partial charge in [0.05, 0.1) is 7.11 Å². The normalized spacial score (nSPS) is 10.4. The van der Waals surface area contributed by atoms with Gasteiger partial charge in [-0.2, -0.15) is 0 Å². The quantitative estimate of drug-likeness (QED) is 0.718. The Morgan fingerprint density at radius 2 is 2.12 bits per heavy atom. The fourth-order valence-electron chi connectivity index (χ4n) is 1.41. The second-order valence-corrected chi connectivity index (χ2v) is 4.00. The monoisotopic (exact) mass is 242 g/mol. The minimum absolute atomic E-state index is 0.750. The molecular weight excluding hydrogens is 224 g/mol. The summed E-state index contributed by atoms with van der Waals surface area (Å²) in [6.45, 7) is 2.82. The molecule has 16 heavy (non-hydrogen) atoms. The van der Waals surface area contributed by atoms with Gasteiger partial charge in [0.1, 0.15) is 5.75 Å². The molecule has 1 aromatic rings. The first kappa shape index (κ1) is 13.3. The van der Waals surface area contributed by atoms with Crippen molar-refractivity contribution in [2.24, 2.45) is 0 Å². The van der Waals surface area contributed by atoms with E-state index in [-0.39, 0.29) is 0 Å². The van der Waals surface area contributed by atoms with Crippen molar-refractivity contribution < 1.29 is 4.74 Å². The van der Waals surface area contributed by atoms with Crippen molar-refractivity contribution in [2.45, 2.75) is 13.0 Å². The van der Waals surface area contributed by atoms with Gasteiger partial charge in [-0.3, -0.25) is 0 Å². The molecule has 0 heterocycles. The molecule has 0 atom stereocenters. The molecule has 0 aliphatic carbocycles. The van der Waals surface area contributed by atoms with Gasteiger partial charge >= 0.3 is 0 Å². The van der Waals surface area contributed by atoms with E-state index >= 15 is 0 Å². The molecule has 0 spiro atoms. The summed E-state index contributed by atoms with van der Waals surface area (Å²) in [7, 11) is 3.60. The molecule has 1 aromatic carbocycles. The maximum absolute atomic E-state index is 6.12. The van der Waals surface area contributed by atoms with Gasteiger partial charge in [0.25, 0.3) is 0 Å². The number of halogens is 1. The van der Waals surface area contributed by atoms with E-state index in [2.05, 4.69) is 10.6 Å². The lowest BCUT2D eigenvalue weighted by molar-refractivity contribution is 0.414. The van der Waals surface area contributed by atoms with E-state index in [9.17, 15) is 0 Å². The Hall–Kier alpha value is -0.770. The van der Waals surface area contributed by atoms with Crippen LogP contribution in [0.5, 0.6) is 5.75 Å². The summed E-state index contributed by atoms with van der Waals surface area (Å²) in [6.07, 6.45) is 1.12. The highest BCUT2D eigenvalue weighted by molar-refractivity contribution is 6.31. The van der Waals surface area contributed by atoms with Crippen molar-refractivity contribution >= 4 is 11.6 Å². The van der Waals surface area contributed by atoms with Gasteiger partial charge < -0.3 is 15.4 Å². The molecule has 90 valence electrons. The van der Waals surface area contributed by atoms with Crippen LogP contribution in [0.4, 0.5) is 0 Å². The van der Waals surface area contributed by atoms with E-state index in [4.69, 9.17) is 16.3 Å². The van der Waals surface area contributed by atoms with E-state index in [0.29, 0.717) is 0 Å². The van der Waals surface area contributed by atoms with Crippen LogP contribution in [0.1, 0.15) is 12.0 Å². The number of benzene rings is 1. The van der Waals surface area contributed by atoms with Crippen LogP contribution < -0.4 is 15.4 Å². The van der Waals surface area contributed by atoms with Crippen molar-refractivity contribution in [3.8, 4) is 5.75 Å². The number of nitrogens with one attached hydrogen (secondary N) is 2. The zero-order chi connectivity index (χ0) is 11.8. The SMILES string of the molecule is CNCCCNCc1ccc(OC)cc1Cl. The van der Waals surface area contributed by atoms with Gasteiger partial charge in [0.15, 0.2) is 0 Å². The largest absolute Gasteiger partial charge is 0.497 e. The first-order valence-corrected chi connectivity index (χ1v) is 5.83. The summed E-state index contributed by atoms with van der Waals surface area (Å²) in [6, 6.07) is 5.76. The molecule has 0 amide bonds. The number of methoxy groups -OCH3 is 1. The van der Waals surface area contributed by atoms with E-state index in [1.54, 1.807) is 7.11 Å². The lowest BCUT2D eigenvalue weighted by Crippen LogP contribution is -2.19. The van der Waals surface area contributed by atoms with E-state index in [1.807, 2.05) is 25.2 Å². The smallest absolute Gasteiger partial charge is 0.120 e. The van der Waals surface area contributed by atoms with Crippen molar-refractivity contribution in [3.05, 3.63) is 28.8 Å². The Kier molecular flexibility index (Phi) is 6.23. The molecule has 3 nitrogen and oxygen atoms in total. The average molecular weight is 243 g/mol. The maximum Gasteiger partial charge on any atom is 0.120 e. The van der Waals surface area contributed by atoms with Gasteiger partial charge in [-0.15, -0.1) is 0 Å². The molecule has 0 saturated heterocycles. The Labute approximate surface area is 102 Å². The van der Waals surface area contributed by atoms with Crippen molar-refractivity contribution in [2.75, 3.05) is 27.2 Å². The summed E-state index contributed by atoms with van der Waals surface area (Å²) in [4.78, 5) is 0. The highest BCUT2D eigenvalue weighted by Gasteiger charge is 2.01. The molecule has 0 bridgehead atoms. The van der Waals surface area contributed by atoms with E-state index in [0.717, 1.165) is 42.4 Å². The summed E-state index contributed by atoms with van der Waals surface area (Å²) in [5, 5.41) is 7.21. The topological polar surface area (TPSA) is 33.3 Å². The Bertz CT molecular complexity index is 318. The Morgan fingerprint density at radius 1 is 1.31 bits per heavy atom. The molecule has 0 aliphatic rings. The first-order chi connectivity index (χ1) is 7.77. The third-order valence-electron chi connectivity index (χ3n) is 2.36. The first-order valence-electron chi connectivity index (χ1n) is 5.45. The fourth-order valence-corrected chi connectivity index (χ4v) is 1.65. The van der Waals surface area contributed by atoms with Crippen molar-refractivity contribution in [1.82, 2.24) is 10.6 Å². The highest BCUT2D eigenvalue weighted by atomic mass is 35.5. The number of hydrogen-bond donors (Lipinski definition) is 2. The Balaban J connectivity index is 2.36. The molecule has 0 radical (unpaired) electrons. The molecule has 0 fully saturated rings. The zero-order valence-electron chi connectivity index (χ0n) is 9.85. The lowest BCUT2D eigenvalue weighted by atomic mass is 10.2. The highest BCUT2D eigenvalue weighted by Crippen LogP contribution is 2.21. The second-order valence-electron chi connectivity index (χ2n) is 3.59. The van der Waals surface area contributed by atoms with E-state index < -0.39 is 0 Å². The Morgan fingerprint density at radius 3 is 2.75 bits per heavy atom. The average Bonchev–Trinajstić information content (AvgIpc) is 2.30. The van der Waals surface area contributed by atoms with Crippen LogP contribution in [-0.4, -0.2) is 27.2 Å². The molecule has 0 saturated carbocycles. The van der Waals surface area contributed by atoms with E-state index in [1.165, 1.54) is 0 Å². The van der Waals surface area contributed by atoms with Crippen LogP contribution in [0, 0.1) is 0 Å². The summed E-state index contributed by atoms with van der Waals surface area (Å²) in [5.74, 6) is 0.795. The van der Waals surface area contributed by atoms with Crippen LogP contribution in [0.25, 0.3) is 0 Å². The van der Waals surface area contributed by atoms with Crippen LogP contribution in [-0.2, 0) is 6.54 Å². The van der Waals surface area contributed by atoms with Gasteiger partial charge in [0, 0.05) is 11.6 Å². The van der Waals surface area contributed by atoms with Crippen molar-refractivity contribution in [3.63, 3.8) is 0 Å². The molecule has 4 heteroatoms. The number of hydrogen-bond acceptors (Lipinski definition) is 3. The van der Waals surface area contributed by atoms with Crippen LogP contribution in [0.2, 0.25) is 5.02 Å². The standard InChI is InChI=1S/C12H19ClN2O/c1-14-6-3-7-15-9-10-4-5-11(16-2)8-12(10)13/h4-5,8,14-15H,3,6-7,9H2,1-2H3. The minimum atomic E-state index is 0.750. The van der Waals surface area contributed by atoms with Gasteiger partial charge in [-0.1, -0.05) is 17.7 Å². The summed E-state index contributed by atoms with van der Waals surface area (Å²) >= 11 is 6.12. The summed E-state index contributed by atoms with van der Waals surface area (Å²) in [5.41, 5.74) is 1.10. The number of rotatable bonds is 7. The molecule has 2 N–H and O–H groups in total. The lowest BCUT2D eigenvalue weighted by Gasteiger charge is -2.08. The molecule has 0 aromatic heterocycles. The second kappa shape index (κ2) is 7.49. The van der Waals surface area contributed by atoms with Crippen LogP contribution >= 0.6 is 11.6 Å². The van der Waals surface area contributed by atoms with Gasteiger partial charge in [-0.25, -0.2) is 0 Å². The summed E-state index contributed by atoms with van der Waals surface area (Å²) < 4.78 is 5.09. The minimum Gasteiger partial charge on any atom is -0.497 e. The maximum atomic E-state index is 6.12. The number of ether oxygens (including phenoxy) is 1.